The van der Waals surface area contributed by atoms with E-state index in [0.717, 1.165) is 49.5 Å². The first-order chi connectivity index (χ1) is 11.3. The van der Waals surface area contributed by atoms with Gasteiger partial charge in [0.15, 0.2) is 0 Å². The van der Waals surface area contributed by atoms with Gasteiger partial charge >= 0.3 is 0 Å². The second-order valence-electron chi connectivity index (χ2n) is 6.10. The number of nitrogens with zero attached hydrogens (tertiary/aromatic N) is 1. The Kier molecular flexibility index (Phi) is 3.66. The molecule has 4 nitrogen and oxygen atoms in total. The summed E-state index contributed by atoms with van der Waals surface area (Å²) < 4.78 is 5.51. The molecule has 0 spiro atoms. The molecule has 118 valence electrons. The van der Waals surface area contributed by atoms with Crippen molar-refractivity contribution in [1.29, 1.82) is 0 Å². The van der Waals surface area contributed by atoms with E-state index in [-0.39, 0.29) is 11.9 Å². The molecule has 0 aliphatic carbocycles. The van der Waals surface area contributed by atoms with E-state index in [9.17, 15) is 4.79 Å². The average Bonchev–Trinajstić information content (AvgIpc) is 3.24. The first-order valence-corrected chi connectivity index (χ1v) is 8.19. The van der Waals surface area contributed by atoms with E-state index in [1.165, 1.54) is 5.56 Å². The summed E-state index contributed by atoms with van der Waals surface area (Å²) in [7, 11) is 0. The predicted molar refractivity (Wildman–Crippen MR) is 91.1 cm³/mol. The first-order valence-electron chi connectivity index (χ1n) is 8.19. The van der Waals surface area contributed by atoms with Crippen molar-refractivity contribution in [2.45, 2.75) is 25.3 Å². The number of rotatable bonds is 3. The first kappa shape index (κ1) is 14.1. The van der Waals surface area contributed by atoms with E-state index in [1.54, 1.807) is 0 Å². The van der Waals surface area contributed by atoms with Crippen LogP contribution in [0.3, 0.4) is 0 Å². The van der Waals surface area contributed by atoms with Crippen LogP contribution in [-0.2, 0) is 11.2 Å². The smallest absolute Gasteiger partial charge is 0.247 e. The van der Waals surface area contributed by atoms with E-state index in [2.05, 4.69) is 22.3 Å². The fourth-order valence-corrected chi connectivity index (χ4v) is 3.46. The lowest BCUT2D eigenvalue weighted by Crippen LogP contribution is -2.39. The standard InChI is InChI=1S/C19H20N2O2/c22-19(20-15-8-9-18-14(13-15)10-12-23-18)17-7-4-11-21(17)16-5-2-1-3-6-16/h1-3,5-6,8-9,13,17H,4,7,10-12H2,(H,20,22). The number of nitrogens with one attached hydrogen (secondary N) is 1. The molecule has 2 aliphatic rings. The van der Waals surface area contributed by atoms with Crippen LogP contribution >= 0.6 is 0 Å². The largest absolute Gasteiger partial charge is 0.493 e. The average molecular weight is 308 g/mol. The molecule has 0 radical (unpaired) electrons. The molecular formula is C19H20N2O2. The Balaban J connectivity index is 1.50. The lowest BCUT2D eigenvalue weighted by atomic mass is 10.1. The maximum atomic E-state index is 12.7. The molecular weight excluding hydrogens is 288 g/mol. The van der Waals surface area contributed by atoms with Crippen LogP contribution in [0.15, 0.2) is 48.5 Å². The Morgan fingerprint density at radius 2 is 2.04 bits per heavy atom. The summed E-state index contributed by atoms with van der Waals surface area (Å²) in [5.74, 6) is 1.01. The SMILES string of the molecule is O=C(Nc1ccc2c(c1)CCO2)C1CCCN1c1ccccc1. The number of ether oxygens (including phenoxy) is 1. The van der Waals surface area contributed by atoms with Crippen LogP contribution in [0.5, 0.6) is 5.75 Å². The van der Waals surface area contributed by atoms with Crippen LogP contribution in [-0.4, -0.2) is 25.1 Å². The molecule has 2 heterocycles. The molecule has 1 saturated heterocycles. The summed E-state index contributed by atoms with van der Waals surface area (Å²) in [6.45, 7) is 1.66. The second-order valence-corrected chi connectivity index (χ2v) is 6.10. The van der Waals surface area contributed by atoms with Gasteiger partial charge < -0.3 is 15.0 Å². The minimum atomic E-state index is -0.0955. The number of hydrogen-bond acceptors (Lipinski definition) is 3. The Hall–Kier alpha value is -2.49. The number of para-hydroxylation sites is 1. The number of anilines is 2. The number of carbonyl (C=O) groups excluding carboxylic acids is 1. The molecule has 23 heavy (non-hydrogen) atoms. The zero-order chi connectivity index (χ0) is 15.6. The highest BCUT2D eigenvalue weighted by molar-refractivity contribution is 5.97. The van der Waals surface area contributed by atoms with Crippen molar-refractivity contribution in [3.63, 3.8) is 0 Å². The summed E-state index contributed by atoms with van der Waals surface area (Å²) in [6, 6.07) is 16.0. The van der Waals surface area contributed by atoms with Gasteiger partial charge in [-0.05, 0) is 48.7 Å². The van der Waals surface area contributed by atoms with E-state index in [0.29, 0.717) is 0 Å². The minimum Gasteiger partial charge on any atom is -0.493 e. The van der Waals surface area contributed by atoms with Gasteiger partial charge in [-0.15, -0.1) is 0 Å². The number of amides is 1. The molecule has 1 amide bonds. The van der Waals surface area contributed by atoms with Gasteiger partial charge in [-0.3, -0.25) is 4.79 Å². The predicted octanol–water partition coefficient (Wildman–Crippen LogP) is 3.23. The molecule has 2 aliphatic heterocycles. The van der Waals surface area contributed by atoms with Gasteiger partial charge in [0.1, 0.15) is 11.8 Å². The van der Waals surface area contributed by atoms with Crippen LogP contribution in [0.25, 0.3) is 0 Å². The zero-order valence-electron chi connectivity index (χ0n) is 13.0. The molecule has 0 aromatic heterocycles. The van der Waals surface area contributed by atoms with Crippen molar-refractivity contribution in [1.82, 2.24) is 0 Å². The fraction of sp³-hybridized carbons (Fsp3) is 0.316. The Bertz CT molecular complexity index is 715. The quantitative estimate of drug-likeness (QED) is 0.946. The van der Waals surface area contributed by atoms with Crippen molar-refractivity contribution in [2.24, 2.45) is 0 Å². The molecule has 2 aromatic rings. The molecule has 4 heteroatoms. The molecule has 0 saturated carbocycles. The van der Waals surface area contributed by atoms with Crippen molar-refractivity contribution in [3.8, 4) is 5.75 Å². The number of hydrogen-bond donors (Lipinski definition) is 1. The molecule has 1 unspecified atom stereocenters. The van der Waals surface area contributed by atoms with E-state index in [4.69, 9.17) is 4.74 Å². The third-order valence-electron chi connectivity index (χ3n) is 4.60. The molecule has 2 aromatic carbocycles. The van der Waals surface area contributed by atoms with Gasteiger partial charge in [0.05, 0.1) is 6.61 Å². The van der Waals surface area contributed by atoms with E-state index >= 15 is 0 Å². The summed E-state index contributed by atoms with van der Waals surface area (Å²) >= 11 is 0. The zero-order valence-corrected chi connectivity index (χ0v) is 13.0. The molecule has 1 fully saturated rings. The van der Waals surface area contributed by atoms with Crippen molar-refractivity contribution in [3.05, 3.63) is 54.1 Å². The van der Waals surface area contributed by atoms with Gasteiger partial charge in [0.25, 0.3) is 0 Å². The monoisotopic (exact) mass is 308 g/mol. The topological polar surface area (TPSA) is 41.6 Å². The van der Waals surface area contributed by atoms with Crippen LogP contribution in [0.4, 0.5) is 11.4 Å². The summed E-state index contributed by atoms with van der Waals surface area (Å²) in [6.07, 6.45) is 2.86. The van der Waals surface area contributed by atoms with Crippen molar-refractivity contribution in [2.75, 3.05) is 23.4 Å². The van der Waals surface area contributed by atoms with Crippen LogP contribution in [0, 0.1) is 0 Å². The van der Waals surface area contributed by atoms with Crippen LogP contribution in [0.1, 0.15) is 18.4 Å². The number of benzene rings is 2. The normalized spacial score (nSPS) is 19.3. The lowest BCUT2D eigenvalue weighted by molar-refractivity contribution is -0.117. The maximum Gasteiger partial charge on any atom is 0.247 e. The Labute approximate surface area is 136 Å². The molecule has 0 bridgehead atoms. The Morgan fingerprint density at radius 3 is 2.91 bits per heavy atom. The second kappa shape index (κ2) is 5.95. The highest BCUT2D eigenvalue weighted by atomic mass is 16.5. The summed E-state index contributed by atoms with van der Waals surface area (Å²) in [5, 5.41) is 3.08. The minimum absolute atomic E-state index is 0.0743. The maximum absolute atomic E-state index is 12.7. The summed E-state index contributed by atoms with van der Waals surface area (Å²) in [4.78, 5) is 14.9. The third-order valence-corrected chi connectivity index (χ3v) is 4.60. The number of carbonyl (C=O) groups is 1. The van der Waals surface area contributed by atoms with Gasteiger partial charge in [-0.25, -0.2) is 0 Å². The third kappa shape index (κ3) is 2.77. The fourth-order valence-electron chi connectivity index (χ4n) is 3.46. The van der Waals surface area contributed by atoms with Gasteiger partial charge in [-0.1, -0.05) is 18.2 Å². The van der Waals surface area contributed by atoms with Gasteiger partial charge in [0, 0.05) is 24.3 Å². The van der Waals surface area contributed by atoms with Crippen molar-refractivity contribution >= 4 is 17.3 Å². The van der Waals surface area contributed by atoms with E-state index in [1.807, 2.05) is 36.4 Å². The van der Waals surface area contributed by atoms with E-state index < -0.39 is 0 Å². The van der Waals surface area contributed by atoms with Crippen LogP contribution < -0.4 is 15.0 Å². The molecule has 1 atom stereocenters. The van der Waals surface area contributed by atoms with Crippen LogP contribution in [0.2, 0.25) is 0 Å². The Morgan fingerprint density at radius 1 is 1.17 bits per heavy atom. The van der Waals surface area contributed by atoms with Gasteiger partial charge in [0.2, 0.25) is 5.91 Å². The molecule has 1 N–H and O–H groups in total. The number of fused-ring (bicyclic) bond motifs is 1. The van der Waals surface area contributed by atoms with Gasteiger partial charge in [-0.2, -0.15) is 0 Å². The summed E-state index contributed by atoms with van der Waals surface area (Å²) in [5.41, 5.74) is 3.15. The highest BCUT2D eigenvalue weighted by Crippen LogP contribution is 2.29. The van der Waals surface area contributed by atoms with Crippen molar-refractivity contribution < 1.29 is 9.53 Å². The highest BCUT2D eigenvalue weighted by Gasteiger charge is 2.31. The molecule has 4 rings (SSSR count). The lowest BCUT2D eigenvalue weighted by Gasteiger charge is -2.26.